The molecule has 0 heterocycles. The second-order valence-corrected chi connectivity index (χ2v) is 6.64. The van der Waals surface area contributed by atoms with Crippen LogP contribution >= 0.6 is 15.9 Å². The van der Waals surface area contributed by atoms with Crippen molar-refractivity contribution in [2.24, 2.45) is 0 Å². The maximum absolute atomic E-state index is 5.89. The molecule has 0 aliphatic heterocycles. The summed E-state index contributed by atoms with van der Waals surface area (Å²) in [5.41, 5.74) is 1.27. The standard InChI is InChI=1S/C17H26BrNO2/c1-4-10-19-16(17(21-3)8-5-9-17)12-13-11-14(20-2)6-7-15(13)18/h6-7,11,16,19H,4-5,8-10,12H2,1-3H3. The third-order valence-corrected chi connectivity index (χ3v) is 5.33. The lowest BCUT2D eigenvalue weighted by atomic mass is 9.72. The minimum atomic E-state index is -0.00230. The zero-order valence-corrected chi connectivity index (χ0v) is 14.8. The number of hydrogen-bond donors (Lipinski definition) is 1. The summed E-state index contributed by atoms with van der Waals surface area (Å²) in [6, 6.07) is 6.51. The van der Waals surface area contributed by atoms with Crippen LogP contribution in [0.5, 0.6) is 5.75 Å². The van der Waals surface area contributed by atoms with E-state index in [1.165, 1.54) is 12.0 Å². The van der Waals surface area contributed by atoms with Crippen LogP contribution in [0.3, 0.4) is 0 Å². The second-order valence-electron chi connectivity index (χ2n) is 5.79. The summed E-state index contributed by atoms with van der Waals surface area (Å²) >= 11 is 3.66. The Morgan fingerprint density at radius 3 is 2.62 bits per heavy atom. The lowest BCUT2D eigenvalue weighted by molar-refractivity contribution is -0.0980. The molecule has 0 bridgehead atoms. The SMILES string of the molecule is CCCNC(Cc1cc(OC)ccc1Br)C1(OC)CCC1. The van der Waals surface area contributed by atoms with Crippen molar-refractivity contribution >= 4 is 15.9 Å². The highest BCUT2D eigenvalue weighted by molar-refractivity contribution is 9.10. The minimum Gasteiger partial charge on any atom is -0.497 e. The summed E-state index contributed by atoms with van der Waals surface area (Å²) in [5.74, 6) is 0.905. The Morgan fingerprint density at radius 1 is 1.33 bits per heavy atom. The summed E-state index contributed by atoms with van der Waals surface area (Å²) in [5, 5.41) is 3.69. The van der Waals surface area contributed by atoms with Gasteiger partial charge in [-0.15, -0.1) is 0 Å². The second kappa shape index (κ2) is 7.61. The van der Waals surface area contributed by atoms with Gasteiger partial charge < -0.3 is 14.8 Å². The Balaban J connectivity index is 2.18. The van der Waals surface area contributed by atoms with Crippen molar-refractivity contribution in [1.82, 2.24) is 5.32 Å². The molecule has 118 valence electrons. The first-order valence-corrected chi connectivity index (χ1v) is 8.55. The molecule has 0 radical (unpaired) electrons. The van der Waals surface area contributed by atoms with Gasteiger partial charge in [0.25, 0.3) is 0 Å². The van der Waals surface area contributed by atoms with Crippen molar-refractivity contribution in [3.8, 4) is 5.75 Å². The molecule has 1 aliphatic rings. The van der Waals surface area contributed by atoms with Crippen LogP contribution in [-0.4, -0.2) is 32.4 Å². The number of rotatable bonds is 8. The molecule has 2 rings (SSSR count). The summed E-state index contributed by atoms with van der Waals surface area (Å²) in [7, 11) is 3.56. The van der Waals surface area contributed by atoms with Crippen LogP contribution in [-0.2, 0) is 11.2 Å². The van der Waals surface area contributed by atoms with Gasteiger partial charge in [-0.2, -0.15) is 0 Å². The number of ether oxygens (including phenoxy) is 2. The molecule has 1 atom stereocenters. The molecule has 21 heavy (non-hydrogen) atoms. The first kappa shape index (κ1) is 16.8. The molecule has 0 amide bonds. The maximum atomic E-state index is 5.89. The number of methoxy groups -OCH3 is 2. The molecule has 1 N–H and O–H groups in total. The fourth-order valence-electron chi connectivity index (χ4n) is 3.04. The van der Waals surface area contributed by atoms with Crippen LogP contribution in [0.4, 0.5) is 0 Å². The average Bonchev–Trinajstić information content (AvgIpc) is 2.46. The van der Waals surface area contributed by atoms with Gasteiger partial charge >= 0.3 is 0 Å². The molecule has 0 spiro atoms. The third-order valence-electron chi connectivity index (χ3n) is 4.56. The van der Waals surface area contributed by atoms with Gasteiger partial charge in [0.1, 0.15) is 5.75 Å². The van der Waals surface area contributed by atoms with Crippen LogP contribution in [0.15, 0.2) is 22.7 Å². The van der Waals surface area contributed by atoms with Crippen molar-refractivity contribution in [1.29, 1.82) is 0 Å². The summed E-state index contributed by atoms with van der Waals surface area (Å²) in [4.78, 5) is 0. The maximum Gasteiger partial charge on any atom is 0.119 e. The van der Waals surface area contributed by atoms with E-state index in [4.69, 9.17) is 9.47 Å². The zero-order valence-electron chi connectivity index (χ0n) is 13.2. The molecule has 1 saturated carbocycles. The lowest BCUT2D eigenvalue weighted by Gasteiger charge is -2.47. The monoisotopic (exact) mass is 355 g/mol. The lowest BCUT2D eigenvalue weighted by Crippen LogP contribution is -2.57. The van der Waals surface area contributed by atoms with E-state index >= 15 is 0 Å². The largest absolute Gasteiger partial charge is 0.497 e. The average molecular weight is 356 g/mol. The molecule has 1 aromatic rings. The van der Waals surface area contributed by atoms with Gasteiger partial charge in [-0.05, 0) is 62.4 Å². The van der Waals surface area contributed by atoms with Crippen molar-refractivity contribution in [2.45, 2.75) is 50.7 Å². The normalized spacial score (nSPS) is 18.1. The number of nitrogens with one attached hydrogen (secondary N) is 1. The Bertz CT molecular complexity index is 455. The van der Waals surface area contributed by atoms with E-state index in [2.05, 4.69) is 40.3 Å². The summed E-state index contributed by atoms with van der Waals surface area (Å²) < 4.78 is 12.4. The molecule has 4 heteroatoms. The van der Waals surface area contributed by atoms with Gasteiger partial charge in [0.15, 0.2) is 0 Å². The third kappa shape index (κ3) is 3.79. The molecular formula is C17H26BrNO2. The predicted molar refractivity (Wildman–Crippen MR) is 90.1 cm³/mol. The van der Waals surface area contributed by atoms with E-state index in [-0.39, 0.29) is 5.60 Å². The molecular weight excluding hydrogens is 330 g/mol. The van der Waals surface area contributed by atoms with Crippen LogP contribution in [0, 0.1) is 0 Å². The van der Waals surface area contributed by atoms with Gasteiger partial charge in [-0.25, -0.2) is 0 Å². The van der Waals surface area contributed by atoms with Crippen molar-refractivity contribution < 1.29 is 9.47 Å². The fraction of sp³-hybridized carbons (Fsp3) is 0.647. The van der Waals surface area contributed by atoms with E-state index in [9.17, 15) is 0 Å². The highest BCUT2D eigenvalue weighted by atomic mass is 79.9. The quantitative estimate of drug-likeness (QED) is 0.765. The van der Waals surface area contributed by atoms with Gasteiger partial charge in [0, 0.05) is 17.6 Å². The molecule has 0 saturated heterocycles. The van der Waals surface area contributed by atoms with Gasteiger partial charge in [-0.3, -0.25) is 0 Å². The highest BCUT2D eigenvalue weighted by Gasteiger charge is 2.44. The number of benzene rings is 1. The van der Waals surface area contributed by atoms with Crippen LogP contribution in [0.2, 0.25) is 0 Å². The molecule has 3 nitrogen and oxygen atoms in total. The van der Waals surface area contributed by atoms with Crippen LogP contribution in [0.1, 0.15) is 38.2 Å². The first-order valence-electron chi connectivity index (χ1n) is 7.76. The molecule has 0 aromatic heterocycles. The van der Waals surface area contributed by atoms with E-state index in [0.717, 1.165) is 42.5 Å². The van der Waals surface area contributed by atoms with E-state index in [1.54, 1.807) is 7.11 Å². The first-order chi connectivity index (χ1) is 10.1. The smallest absolute Gasteiger partial charge is 0.119 e. The molecule has 1 aromatic carbocycles. The zero-order chi connectivity index (χ0) is 15.3. The summed E-state index contributed by atoms with van der Waals surface area (Å²) in [6.45, 7) is 3.23. The minimum absolute atomic E-state index is 0.00230. The van der Waals surface area contributed by atoms with E-state index in [1.807, 2.05) is 13.2 Å². The van der Waals surface area contributed by atoms with Gasteiger partial charge in [0.2, 0.25) is 0 Å². The van der Waals surface area contributed by atoms with Crippen LogP contribution in [0.25, 0.3) is 0 Å². The predicted octanol–water partition coefficient (Wildman–Crippen LogP) is 3.94. The van der Waals surface area contributed by atoms with Crippen LogP contribution < -0.4 is 10.1 Å². The van der Waals surface area contributed by atoms with E-state index in [0.29, 0.717) is 6.04 Å². The van der Waals surface area contributed by atoms with Crippen molar-refractivity contribution in [3.05, 3.63) is 28.2 Å². The molecule has 1 fully saturated rings. The molecule has 1 unspecified atom stereocenters. The fourth-order valence-corrected chi connectivity index (χ4v) is 3.45. The van der Waals surface area contributed by atoms with Crippen molar-refractivity contribution in [2.75, 3.05) is 20.8 Å². The topological polar surface area (TPSA) is 30.5 Å². The van der Waals surface area contributed by atoms with Crippen molar-refractivity contribution in [3.63, 3.8) is 0 Å². The number of hydrogen-bond acceptors (Lipinski definition) is 3. The van der Waals surface area contributed by atoms with Gasteiger partial charge in [0.05, 0.1) is 12.7 Å². The Morgan fingerprint density at radius 2 is 2.10 bits per heavy atom. The van der Waals surface area contributed by atoms with E-state index < -0.39 is 0 Å². The Hall–Kier alpha value is -0.580. The highest BCUT2D eigenvalue weighted by Crippen LogP contribution is 2.40. The van der Waals surface area contributed by atoms with Gasteiger partial charge in [-0.1, -0.05) is 22.9 Å². The Labute approximate surface area is 136 Å². The number of halogens is 1. The summed E-state index contributed by atoms with van der Waals surface area (Å²) in [6.07, 6.45) is 5.64. The molecule has 1 aliphatic carbocycles. The Kier molecular flexibility index (Phi) is 6.08.